The lowest BCUT2D eigenvalue weighted by molar-refractivity contribution is -0.124. The monoisotopic (exact) mass is 335 g/mol. The summed E-state index contributed by atoms with van der Waals surface area (Å²) >= 11 is 0. The summed E-state index contributed by atoms with van der Waals surface area (Å²) in [4.78, 5) is 14.5. The third-order valence-electron chi connectivity index (χ3n) is 4.20. The first kappa shape index (κ1) is 20.5. The van der Waals surface area contributed by atoms with Crippen LogP contribution in [0.4, 0.5) is 0 Å². The van der Waals surface area contributed by atoms with Crippen molar-refractivity contribution < 1.29 is 9.53 Å². The highest BCUT2D eigenvalue weighted by Gasteiger charge is 2.27. The summed E-state index contributed by atoms with van der Waals surface area (Å²) in [7, 11) is 0. The molecule has 24 heavy (non-hydrogen) atoms. The van der Waals surface area contributed by atoms with Crippen molar-refractivity contribution in [1.82, 2.24) is 10.2 Å². The van der Waals surface area contributed by atoms with Crippen LogP contribution in [-0.4, -0.2) is 43.1 Å². The molecule has 1 aromatic carbocycles. The Hall–Kier alpha value is -1.59. The van der Waals surface area contributed by atoms with E-state index in [1.165, 1.54) is 0 Å². The van der Waals surface area contributed by atoms with Gasteiger partial charge in [-0.3, -0.25) is 4.79 Å². The molecule has 0 aromatic heterocycles. The number of ether oxygens (including phenoxy) is 1. The predicted octanol–water partition coefficient (Wildman–Crippen LogP) is 2.40. The van der Waals surface area contributed by atoms with Crippen molar-refractivity contribution in [3.8, 4) is 5.75 Å². The number of amides is 1. The highest BCUT2D eigenvalue weighted by atomic mass is 16.5. The number of rotatable bonds is 9. The molecule has 136 valence electrons. The van der Waals surface area contributed by atoms with Crippen LogP contribution in [0.5, 0.6) is 5.75 Å². The van der Waals surface area contributed by atoms with Gasteiger partial charge in [0.05, 0.1) is 6.04 Å². The van der Waals surface area contributed by atoms with Crippen molar-refractivity contribution in [2.24, 2.45) is 11.1 Å². The molecule has 0 spiro atoms. The molecule has 5 nitrogen and oxygen atoms in total. The first-order valence-corrected chi connectivity index (χ1v) is 8.75. The second-order valence-electron chi connectivity index (χ2n) is 7.04. The summed E-state index contributed by atoms with van der Waals surface area (Å²) in [5, 5.41) is 2.91. The van der Waals surface area contributed by atoms with Crippen LogP contribution in [0.2, 0.25) is 0 Å². The van der Waals surface area contributed by atoms with Gasteiger partial charge in [0.15, 0.2) is 0 Å². The van der Waals surface area contributed by atoms with Crippen molar-refractivity contribution >= 4 is 5.91 Å². The van der Waals surface area contributed by atoms with Gasteiger partial charge in [-0.05, 0) is 24.6 Å². The molecule has 5 heteroatoms. The first-order valence-electron chi connectivity index (χ1n) is 8.75. The molecule has 0 radical (unpaired) electrons. The van der Waals surface area contributed by atoms with Gasteiger partial charge in [-0.15, -0.1) is 0 Å². The fourth-order valence-electron chi connectivity index (χ4n) is 2.30. The Morgan fingerprint density at radius 3 is 2.46 bits per heavy atom. The summed E-state index contributed by atoms with van der Waals surface area (Å²) in [5.74, 6) is 0.676. The second kappa shape index (κ2) is 9.64. The number of carbonyl (C=O) groups is 1. The van der Waals surface area contributed by atoms with E-state index >= 15 is 0 Å². The molecule has 0 aliphatic heterocycles. The summed E-state index contributed by atoms with van der Waals surface area (Å²) < 4.78 is 5.91. The SMILES string of the molecule is CCN(CC)CCOc1ccccc1CNC(=O)[C@@H](N)C(C)(C)C. The van der Waals surface area contributed by atoms with E-state index in [2.05, 4.69) is 24.1 Å². The minimum Gasteiger partial charge on any atom is -0.492 e. The fourth-order valence-corrected chi connectivity index (χ4v) is 2.30. The molecule has 0 heterocycles. The molecular formula is C19H33N3O2. The smallest absolute Gasteiger partial charge is 0.237 e. The molecule has 0 fully saturated rings. The van der Waals surface area contributed by atoms with E-state index in [1.807, 2.05) is 45.0 Å². The zero-order valence-electron chi connectivity index (χ0n) is 15.8. The van der Waals surface area contributed by atoms with Crippen LogP contribution in [0.1, 0.15) is 40.2 Å². The molecule has 0 saturated heterocycles. The molecule has 1 amide bonds. The van der Waals surface area contributed by atoms with E-state index in [0.717, 1.165) is 30.9 Å². The van der Waals surface area contributed by atoms with Gasteiger partial charge in [0, 0.05) is 18.7 Å². The molecule has 1 atom stereocenters. The van der Waals surface area contributed by atoms with Gasteiger partial charge in [-0.1, -0.05) is 52.8 Å². The summed E-state index contributed by atoms with van der Waals surface area (Å²) in [5.41, 5.74) is 6.70. The third-order valence-corrected chi connectivity index (χ3v) is 4.20. The van der Waals surface area contributed by atoms with Crippen molar-refractivity contribution in [1.29, 1.82) is 0 Å². The van der Waals surface area contributed by atoms with Gasteiger partial charge in [0.2, 0.25) is 5.91 Å². The standard InChI is InChI=1S/C19H33N3O2/c1-6-22(7-2)12-13-24-16-11-9-8-10-15(16)14-21-18(23)17(20)19(3,4)5/h8-11,17H,6-7,12-14,20H2,1-5H3,(H,21,23)/t17-/m1/s1. The second-order valence-corrected chi connectivity index (χ2v) is 7.04. The van der Waals surface area contributed by atoms with E-state index < -0.39 is 6.04 Å². The van der Waals surface area contributed by atoms with Crippen molar-refractivity contribution in [3.05, 3.63) is 29.8 Å². The van der Waals surface area contributed by atoms with Gasteiger partial charge in [0.1, 0.15) is 12.4 Å². The number of benzene rings is 1. The molecule has 0 saturated carbocycles. The van der Waals surface area contributed by atoms with E-state index in [-0.39, 0.29) is 11.3 Å². The lowest BCUT2D eigenvalue weighted by Gasteiger charge is -2.26. The Kier molecular flexibility index (Phi) is 8.22. The Balaban J connectivity index is 2.59. The van der Waals surface area contributed by atoms with E-state index in [0.29, 0.717) is 13.2 Å². The Morgan fingerprint density at radius 1 is 1.25 bits per heavy atom. The number of carbonyl (C=O) groups excluding carboxylic acids is 1. The number of nitrogens with zero attached hydrogens (tertiary/aromatic N) is 1. The number of para-hydroxylation sites is 1. The van der Waals surface area contributed by atoms with E-state index in [4.69, 9.17) is 10.5 Å². The Bertz CT molecular complexity index is 508. The zero-order valence-corrected chi connectivity index (χ0v) is 15.8. The van der Waals surface area contributed by atoms with Crippen LogP contribution < -0.4 is 15.8 Å². The third kappa shape index (κ3) is 6.49. The van der Waals surface area contributed by atoms with E-state index in [1.54, 1.807) is 0 Å². The maximum Gasteiger partial charge on any atom is 0.237 e. The van der Waals surface area contributed by atoms with Gasteiger partial charge >= 0.3 is 0 Å². The van der Waals surface area contributed by atoms with Gasteiger partial charge in [0.25, 0.3) is 0 Å². The van der Waals surface area contributed by atoms with Crippen LogP contribution in [0.25, 0.3) is 0 Å². The van der Waals surface area contributed by atoms with Crippen LogP contribution in [-0.2, 0) is 11.3 Å². The number of nitrogens with one attached hydrogen (secondary N) is 1. The normalized spacial score (nSPS) is 13.0. The van der Waals surface area contributed by atoms with Crippen LogP contribution >= 0.6 is 0 Å². The fraction of sp³-hybridized carbons (Fsp3) is 0.632. The first-order chi connectivity index (χ1) is 11.3. The highest BCUT2D eigenvalue weighted by Crippen LogP contribution is 2.19. The predicted molar refractivity (Wildman–Crippen MR) is 99.0 cm³/mol. The van der Waals surface area contributed by atoms with E-state index in [9.17, 15) is 4.79 Å². The van der Waals surface area contributed by atoms with Gasteiger partial charge in [-0.25, -0.2) is 0 Å². The van der Waals surface area contributed by atoms with Crippen molar-refractivity contribution in [2.45, 2.75) is 47.2 Å². The van der Waals surface area contributed by atoms with Crippen LogP contribution in [0, 0.1) is 5.41 Å². The average molecular weight is 335 g/mol. The lowest BCUT2D eigenvalue weighted by atomic mass is 9.87. The summed E-state index contributed by atoms with van der Waals surface area (Å²) in [6.07, 6.45) is 0. The lowest BCUT2D eigenvalue weighted by Crippen LogP contribution is -2.48. The Morgan fingerprint density at radius 2 is 1.88 bits per heavy atom. The van der Waals surface area contributed by atoms with Crippen molar-refractivity contribution in [3.63, 3.8) is 0 Å². The average Bonchev–Trinajstić information content (AvgIpc) is 2.56. The van der Waals surface area contributed by atoms with Crippen LogP contribution in [0.3, 0.4) is 0 Å². The largest absolute Gasteiger partial charge is 0.492 e. The zero-order chi connectivity index (χ0) is 18.2. The van der Waals surface area contributed by atoms with Gasteiger partial charge < -0.3 is 20.7 Å². The molecular weight excluding hydrogens is 302 g/mol. The number of hydrogen-bond acceptors (Lipinski definition) is 4. The molecule has 0 aliphatic carbocycles. The maximum atomic E-state index is 12.2. The summed E-state index contributed by atoms with van der Waals surface area (Å²) in [6.45, 7) is 14.1. The quantitative estimate of drug-likeness (QED) is 0.727. The minimum absolute atomic E-state index is 0.138. The molecule has 1 aromatic rings. The highest BCUT2D eigenvalue weighted by molar-refractivity contribution is 5.82. The van der Waals surface area contributed by atoms with Gasteiger partial charge in [-0.2, -0.15) is 0 Å². The number of hydrogen-bond donors (Lipinski definition) is 2. The number of nitrogens with two attached hydrogens (primary N) is 1. The molecule has 3 N–H and O–H groups in total. The maximum absolute atomic E-state index is 12.2. The summed E-state index contributed by atoms with van der Waals surface area (Å²) in [6, 6.07) is 7.26. The minimum atomic E-state index is -0.534. The topological polar surface area (TPSA) is 67.6 Å². The van der Waals surface area contributed by atoms with Crippen molar-refractivity contribution in [2.75, 3.05) is 26.2 Å². The number of likely N-dealkylation sites (N-methyl/N-ethyl adjacent to an activating group) is 1. The van der Waals surface area contributed by atoms with Crippen LogP contribution in [0.15, 0.2) is 24.3 Å². The molecule has 0 unspecified atom stereocenters. The molecule has 1 rings (SSSR count). The molecule has 0 bridgehead atoms. The Labute approximate surface area is 146 Å². The molecule has 0 aliphatic rings.